The van der Waals surface area contributed by atoms with Gasteiger partial charge in [-0.05, 0) is 40.8 Å². The van der Waals surface area contributed by atoms with E-state index in [9.17, 15) is 9.59 Å². The van der Waals surface area contributed by atoms with Gasteiger partial charge in [0.05, 0.1) is 18.3 Å². The Labute approximate surface area is 174 Å². The first-order valence-corrected chi connectivity index (χ1v) is 9.15. The van der Waals surface area contributed by atoms with Crippen molar-refractivity contribution < 1.29 is 24.2 Å². The molecular formula is C21H23ClN2O5. The number of benzene rings is 2. The normalized spacial score (nSPS) is 11.3. The van der Waals surface area contributed by atoms with Crippen LogP contribution in [0.15, 0.2) is 41.5 Å². The van der Waals surface area contributed by atoms with Crippen LogP contribution in [0.25, 0.3) is 0 Å². The molecule has 0 fully saturated rings. The first-order chi connectivity index (χ1) is 13.6. The fourth-order valence-electron chi connectivity index (χ4n) is 2.44. The predicted octanol–water partition coefficient (Wildman–Crippen LogP) is 3.87. The number of nitrogens with one attached hydrogen (secondary N) is 1. The first-order valence-electron chi connectivity index (χ1n) is 8.78. The second kappa shape index (κ2) is 9.43. The van der Waals surface area contributed by atoms with Crippen molar-refractivity contribution >= 4 is 29.7 Å². The number of halogens is 1. The molecule has 0 radical (unpaired) electrons. The van der Waals surface area contributed by atoms with E-state index in [-0.39, 0.29) is 27.8 Å². The standard InChI is InChI=1S/C21H23ClN2O5/c1-21(2,3)15-7-5-14(6-8-15)20(27)24-23-11-13-9-16(22)19(17(10-13)28-4)29-12-18(25)26/h5-11H,12H2,1-4H3,(H,24,27)(H,25,26)/b23-11-. The van der Waals surface area contributed by atoms with Crippen LogP contribution in [-0.2, 0) is 10.2 Å². The molecule has 29 heavy (non-hydrogen) atoms. The summed E-state index contributed by atoms with van der Waals surface area (Å²) >= 11 is 6.14. The number of carbonyl (C=O) groups excluding carboxylic acids is 1. The van der Waals surface area contributed by atoms with Gasteiger partial charge in [0, 0.05) is 5.56 Å². The number of hydrogen-bond donors (Lipinski definition) is 2. The largest absolute Gasteiger partial charge is 0.493 e. The zero-order valence-electron chi connectivity index (χ0n) is 16.7. The smallest absolute Gasteiger partial charge is 0.341 e. The summed E-state index contributed by atoms with van der Waals surface area (Å²) in [4.78, 5) is 22.9. The van der Waals surface area contributed by atoms with Crippen molar-refractivity contribution in [2.45, 2.75) is 26.2 Å². The molecule has 0 heterocycles. The maximum Gasteiger partial charge on any atom is 0.341 e. The van der Waals surface area contributed by atoms with Gasteiger partial charge in [0.1, 0.15) is 0 Å². The molecule has 0 saturated carbocycles. The molecule has 2 rings (SSSR count). The number of carboxylic acids is 1. The van der Waals surface area contributed by atoms with Gasteiger partial charge in [-0.1, -0.05) is 44.5 Å². The third kappa shape index (κ3) is 6.22. The summed E-state index contributed by atoms with van der Waals surface area (Å²) in [7, 11) is 1.41. The fraction of sp³-hybridized carbons (Fsp3) is 0.286. The number of ether oxygens (including phenoxy) is 2. The van der Waals surface area contributed by atoms with Crippen molar-refractivity contribution in [1.82, 2.24) is 5.43 Å². The van der Waals surface area contributed by atoms with E-state index < -0.39 is 12.6 Å². The van der Waals surface area contributed by atoms with Crippen LogP contribution in [0, 0.1) is 0 Å². The Morgan fingerprint density at radius 3 is 2.41 bits per heavy atom. The van der Waals surface area contributed by atoms with Crippen molar-refractivity contribution in [2.24, 2.45) is 5.10 Å². The van der Waals surface area contributed by atoms with Crippen molar-refractivity contribution in [3.05, 3.63) is 58.1 Å². The zero-order valence-corrected chi connectivity index (χ0v) is 17.4. The molecule has 0 spiro atoms. The molecule has 8 heteroatoms. The van der Waals surface area contributed by atoms with E-state index in [2.05, 4.69) is 31.3 Å². The van der Waals surface area contributed by atoms with Gasteiger partial charge in [-0.3, -0.25) is 4.79 Å². The lowest BCUT2D eigenvalue weighted by molar-refractivity contribution is -0.139. The van der Waals surface area contributed by atoms with Crippen LogP contribution >= 0.6 is 11.6 Å². The van der Waals surface area contributed by atoms with E-state index in [1.54, 1.807) is 18.2 Å². The summed E-state index contributed by atoms with van der Waals surface area (Å²) in [6.07, 6.45) is 1.40. The van der Waals surface area contributed by atoms with Crippen LogP contribution in [0.4, 0.5) is 0 Å². The molecule has 154 valence electrons. The predicted molar refractivity (Wildman–Crippen MR) is 111 cm³/mol. The van der Waals surface area contributed by atoms with Crippen LogP contribution in [0.3, 0.4) is 0 Å². The van der Waals surface area contributed by atoms with E-state index in [0.29, 0.717) is 11.1 Å². The summed E-state index contributed by atoms with van der Waals surface area (Å²) in [6.45, 7) is 5.75. The van der Waals surface area contributed by atoms with Gasteiger partial charge in [0.25, 0.3) is 5.91 Å². The lowest BCUT2D eigenvalue weighted by atomic mass is 9.87. The molecule has 0 unspecified atom stereocenters. The van der Waals surface area contributed by atoms with Gasteiger partial charge in [-0.25, -0.2) is 10.2 Å². The van der Waals surface area contributed by atoms with E-state index >= 15 is 0 Å². The highest BCUT2D eigenvalue weighted by molar-refractivity contribution is 6.32. The van der Waals surface area contributed by atoms with Gasteiger partial charge in [0.15, 0.2) is 18.1 Å². The molecule has 0 bridgehead atoms. The molecule has 2 N–H and O–H groups in total. The number of rotatable bonds is 7. The molecule has 0 aliphatic carbocycles. The quantitative estimate of drug-likeness (QED) is 0.525. The van der Waals surface area contributed by atoms with Crippen molar-refractivity contribution in [3.8, 4) is 11.5 Å². The summed E-state index contributed by atoms with van der Waals surface area (Å²) in [5, 5.41) is 12.8. The second-order valence-corrected chi connectivity index (χ2v) is 7.65. The monoisotopic (exact) mass is 418 g/mol. The van der Waals surface area contributed by atoms with E-state index in [1.807, 2.05) is 12.1 Å². The molecule has 2 aromatic carbocycles. The van der Waals surface area contributed by atoms with Crippen molar-refractivity contribution in [1.29, 1.82) is 0 Å². The van der Waals surface area contributed by atoms with Crippen LogP contribution < -0.4 is 14.9 Å². The summed E-state index contributed by atoms with van der Waals surface area (Å²) in [6, 6.07) is 10.4. The summed E-state index contributed by atoms with van der Waals surface area (Å²) < 4.78 is 10.3. The van der Waals surface area contributed by atoms with Gasteiger partial charge in [-0.15, -0.1) is 0 Å². The molecule has 0 aliphatic rings. The van der Waals surface area contributed by atoms with Gasteiger partial charge < -0.3 is 14.6 Å². The third-order valence-electron chi connectivity index (χ3n) is 3.98. The van der Waals surface area contributed by atoms with Crippen LogP contribution in [-0.4, -0.2) is 36.9 Å². The molecule has 0 aromatic heterocycles. The Bertz CT molecular complexity index is 918. The first kappa shape index (κ1) is 22.2. The second-order valence-electron chi connectivity index (χ2n) is 7.24. The molecule has 0 aliphatic heterocycles. The number of hydrogen-bond acceptors (Lipinski definition) is 5. The summed E-state index contributed by atoms with van der Waals surface area (Å²) in [5.74, 6) is -1.10. The topological polar surface area (TPSA) is 97.2 Å². The highest BCUT2D eigenvalue weighted by atomic mass is 35.5. The van der Waals surface area contributed by atoms with Gasteiger partial charge in [-0.2, -0.15) is 5.10 Å². The molecular weight excluding hydrogens is 396 g/mol. The molecule has 1 amide bonds. The van der Waals surface area contributed by atoms with E-state index in [0.717, 1.165) is 5.56 Å². The minimum Gasteiger partial charge on any atom is -0.493 e. The average Bonchev–Trinajstić information content (AvgIpc) is 2.65. The molecule has 0 atom stereocenters. The van der Waals surface area contributed by atoms with Crippen LogP contribution in [0.5, 0.6) is 11.5 Å². The molecule has 7 nitrogen and oxygen atoms in total. The van der Waals surface area contributed by atoms with Crippen molar-refractivity contribution in [3.63, 3.8) is 0 Å². The zero-order chi connectivity index (χ0) is 21.6. The van der Waals surface area contributed by atoms with Gasteiger partial charge >= 0.3 is 5.97 Å². The number of methoxy groups -OCH3 is 1. The minimum atomic E-state index is -1.13. The Balaban J connectivity index is 2.08. The number of carboxylic acid groups (broad SMARTS) is 1. The molecule has 2 aromatic rings. The highest BCUT2D eigenvalue weighted by Gasteiger charge is 2.15. The maximum absolute atomic E-state index is 12.2. The minimum absolute atomic E-state index is 0.00578. The Kier molecular flexibility index (Phi) is 7.23. The fourth-order valence-corrected chi connectivity index (χ4v) is 2.71. The summed E-state index contributed by atoms with van der Waals surface area (Å²) in [5.41, 5.74) is 4.62. The number of amides is 1. The Morgan fingerprint density at radius 2 is 1.86 bits per heavy atom. The van der Waals surface area contributed by atoms with Crippen molar-refractivity contribution in [2.75, 3.05) is 13.7 Å². The number of aliphatic carboxylic acids is 1. The van der Waals surface area contributed by atoms with Gasteiger partial charge in [0.2, 0.25) is 0 Å². The molecule has 0 saturated heterocycles. The Morgan fingerprint density at radius 1 is 1.21 bits per heavy atom. The maximum atomic E-state index is 12.2. The third-order valence-corrected chi connectivity index (χ3v) is 4.27. The SMILES string of the molecule is COc1cc(/C=N\NC(=O)c2ccc(C(C)(C)C)cc2)cc(Cl)c1OCC(=O)O. The number of hydrazone groups is 1. The van der Waals surface area contributed by atoms with E-state index in [1.165, 1.54) is 19.4 Å². The number of nitrogens with zero attached hydrogens (tertiary/aromatic N) is 1. The average molecular weight is 419 g/mol. The lowest BCUT2D eigenvalue weighted by Gasteiger charge is -2.18. The Hall–Kier alpha value is -3.06. The highest BCUT2D eigenvalue weighted by Crippen LogP contribution is 2.36. The van der Waals surface area contributed by atoms with E-state index in [4.69, 9.17) is 26.2 Å². The lowest BCUT2D eigenvalue weighted by Crippen LogP contribution is -2.18. The van der Waals surface area contributed by atoms with Crippen LogP contribution in [0.2, 0.25) is 5.02 Å². The van der Waals surface area contributed by atoms with Crippen LogP contribution in [0.1, 0.15) is 42.3 Å². The number of carbonyl (C=O) groups is 2.